The van der Waals surface area contributed by atoms with Gasteiger partial charge in [0.05, 0.1) is 24.0 Å². The average molecular weight is 665 g/mol. The van der Waals surface area contributed by atoms with E-state index in [9.17, 15) is 14.8 Å². The Kier molecular flexibility index (Phi) is 10.0. The lowest BCUT2D eigenvalue weighted by Gasteiger charge is -2.42. The molecule has 1 N–H and O–H groups in total. The summed E-state index contributed by atoms with van der Waals surface area (Å²) >= 11 is 6.56. The first-order valence-electron chi connectivity index (χ1n) is 15.4. The summed E-state index contributed by atoms with van der Waals surface area (Å²) in [4.78, 5) is 23.9. The molecule has 1 aromatic carbocycles. The lowest BCUT2D eigenvalue weighted by molar-refractivity contribution is 0.00393. The molecule has 4 atom stereocenters. The molecule has 2 aliphatic heterocycles. The molecule has 1 unspecified atom stereocenters. The molecular formula is C33H35ClF2N8O3. The number of alkyl halides is 1. The van der Waals surface area contributed by atoms with Gasteiger partial charge in [0.1, 0.15) is 36.5 Å². The lowest BCUT2D eigenvalue weighted by Crippen LogP contribution is -2.56. The van der Waals surface area contributed by atoms with Crippen molar-refractivity contribution in [2.75, 3.05) is 58.5 Å². The number of benzene rings is 1. The molecule has 2 aliphatic rings. The number of nitrogens with zero attached hydrogens (tertiary/aromatic N) is 8. The Morgan fingerprint density at radius 1 is 1.19 bits per heavy atom. The fourth-order valence-corrected chi connectivity index (χ4v) is 6.71. The molecule has 0 saturated carbocycles. The zero-order chi connectivity index (χ0) is 33.1. The molecule has 14 heteroatoms. The van der Waals surface area contributed by atoms with Crippen molar-refractivity contribution in [3.8, 4) is 23.3 Å². The van der Waals surface area contributed by atoms with Crippen molar-refractivity contribution >= 4 is 39.1 Å². The van der Waals surface area contributed by atoms with Crippen LogP contribution in [0.3, 0.4) is 0 Å². The van der Waals surface area contributed by atoms with Crippen LogP contribution in [-0.4, -0.2) is 113 Å². The molecule has 3 aromatic heterocycles. The largest absolute Gasteiger partial charge is 0.462 e. The van der Waals surface area contributed by atoms with Gasteiger partial charge < -0.3 is 19.5 Å². The Morgan fingerprint density at radius 2 is 2.04 bits per heavy atom. The minimum absolute atomic E-state index is 0.00271. The monoisotopic (exact) mass is 664 g/mol. The molecule has 0 radical (unpaired) electrons. The van der Waals surface area contributed by atoms with Gasteiger partial charge >= 0.3 is 6.01 Å². The number of aliphatic hydroxyl groups is 1. The number of methoxy groups -OCH3 is 1. The molecule has 4 aromatic rings. The molecule has 47 heavy (non-hydrogen) atoms. The number of fused-ring (bicyclic) bond motifs is 2. The van der Waals surface area contributed by atoms with Crippen molar-refractivity contribution in [3.63, 3.8) is 0 Å². The van der Waals surface area contributed by atoms with E-state index in [1.807, 2.05) is 18.0 Å². The maximum Gasteiger partial charge on any atom is 0.319 e. The number of pyridine rings is 2. The number of halogens is 3. The minimum Gasteiger partial charge on any atom is -0.462 e. The number of anilines is 1. The smallest absolute Gasteiger partial charge is 0.319 e. The summed E-state index contributed by atoms with van der Waals surface area (Å²) in [6.45, 7) is 1.32. The van der Waals surface area contributed by atoms with Crippen molar-refractivity contribution in [3.05, 3.63) is 59.8 Å². The number of ether oxygens (including phenoxy) is 2. The number of allylic oxidation sites excluding steroid dienone is 1. The third kappa shape index (κ3) is 6.70. The van der Waals surface area contributed by atoms with Gasteiger partial charge in [0.2, 0.25) is 0 Å². The first-order valence-corrected chi connectivity index (χ1v) is 15.7. The Hall–Kier alpha value is -4.06. The van der Waals surface area contributed by atoms with Crippen LogP contribution >= 0.6 is 11.6 Å². The topological polar surface area (TPSA) is 124 Å². The molecule has 0 spiro atoms. The zero-order valence-electron chi connectivity index (χ0n) is 26.1. The minimum atomic E-state index is -1.06. The maximum absolute atomic E-state index is 16.7. The van der Waals surface area contributed by atoms with Crippen molar-refractivity contribution in [2.45, 2.75) is 37.3 Å². The SMILES string of the molecule is CO[C@@H]1C[C@@H](COc2nc(N3CCN(C(O)/C=C/CF)[C@@H](CC#N)C3)c3cnc(-c4cncc5cccc(Cl)c45)c(F)c3n2)N(C)C1. The number of hydrogen-bond donors (Lipinski definition) is 1. The predicted molar refractivity (Wildman–Crippen MR) is 174 cm³/mol. The Labute approximate surface area is 276 Å². The normalized spacial score (nSPS) is 21.6. The van der Waals surface area contributed by atoms with Crippen molar-refractivity contribution in [1.82, 2.24) is 29.7 Å². The van der Waals surface area contributed by atoms with Crippen molar-refractivity contribution in [1.29, 1.82) is 5.26 Å². The number of nitriles is 1. The van der Waals surface area contributed by atoms with E-state index in [4.69, 9.17) is 26.1 Å². The predicted octanol–water partition coefficient (Wildman–Crippen LogP) is 4.38. The zero-order valence-corrected chi connectivity index (χ0v) is 26.8. The van der Waals surface area contributed by atoms with Gasteiger partial charge in [0, 0.05) is 85.3 Å². The van der Waals surface area contributed by atoms with Crippen LogP contribution in [0, 0.1) is 17.1 Å². The van der Waals surface area contributed by atoms with E-state index in [0.717, 1.165) is 18.4 Å². The van der Waals surface area contributed by atoms with Crippen LogP contribution in [0.2, 0.25) is 5.02 Å². The van der Waals surface area contributed by atoms with Gasteiger partial charge in [-0.15, -0.1) is 0 Å². The first-order chi connectivity index (χ1) is 22.8. The number of likely N-dealkylation sites (tertiary alicyclic amines) is 1. The molecule has 0 amide bonds. The fraction of sp³-hybridized carbons (Fsp3) is 0.424. The number of aromatic nitrogens is 4. The molecule has 2 fully saturated rings. The number of aliphatic hydroxyl groups excluding tert-OH is 1. The maximum atomic E-state index is 16.7. The molecule has 2 saturated heterocycles. The van der Waals surface area contributed by atoms with E-state index in [1.165, 1.54) is 24.5 Å². The van der Waals surface area contributed by atoms with Crippen LogP contribution in [0.15, 0.2) is 48.9 Å². The summed E-state index contributed by atoms with van der Waals surface area (Å²) < 4.78 is 41.1. The van der Waals surface area contributed by atoms with Crippen molar-refractivity contribution in [2.24, 2.45) is 0 Å². The summed E-state index contributed by atoms with van der Waals surface area (Å²) in [5.41, 5.74) is 0.470. The second-order valence-corrected chi connectivity index (χ2v) is 12.1. The molecule has 0 aliphatic carbocycles. The molecular weight excluding hydrogens is 630 g/mol. The highest BCUT2D eigenvalue weighted by Crippen LogP contribution is 2.37. The Balaban J connectivity index is 1.42. The van der Waals surface area contributed by atoms with E-state index in [1.54, 1.807) is 30.3 Å². The first kappa shape index (κ1) is 32.9. The highest BCUT2D eigenvalue weighted by molar-refractivity contribution is 6.36. The van der Waals surface area contributed by atoms with Gasteiger partial charge in [-0.1, -0.05) is 29.8 Å². The van der Waals surface area contributed by atoms with Gasteiger partial charge in [-0.25, -0.2) is 8.78 Å². The summed E-state index contributed by atoms with van der Waals surface area (Å²) in [6, 6.07) is 7.19. The number of piperazine rings is 1. The van der Waals surface area contributed by atoms with Crippen LogP contribution in [0.1, 0.15) is 12.8 Å². The Bertz CT molecular complexity index is 1820. The molecule has 5 heterocycles. The number of likely N-dealkylation sites (N-methyl/N-ethyl adjacent to an activating group) is 1. The fourth-order valence-electron chi connectivity index (χ4n) is 6.43. The highest BCUT2D eigenvalue weighted by Gasteiger charge is 2.34. The molecule has 6 rings (SSSR count). The number of hydrogen-bond acceptors (Lipinski definition) is 11. The molecule has 11 nitrogen and oxygen atoms in total. The highest BCUT2D eigenvalue weighted by atomic mass is 35.5. The van der Waals surface area contributed by atoms with Crippen LogP contribution in [-0.2, 0) is 4.74 Å². The summed E-state index contributed by atoms with van der Waals surface area (Å²) in [6.07, 6.45) is 7.21. The van der Waals surface area contributed by atoms with E-state index >= 15 is 4.39 Å². The second kappa shape index (κ2) is 14.4. The molecule has 0 bridgehead atoms. The van der Waals surface area contributed by atoms with Crippen LogP contribution in [0.5, 0.6) is 6.01 Å². The van der Waals surface area contributed by atoms with Gasteiger partial charge in [-0.3, -0.25) is 19.8 Å². The van der Waals surface area contributed by atoms with E-state index < -0.39 is 24.8 Å². The average Bonchev–Trinajstić information content (AvgIpc) is 3.45. The second-order valence-electron chi connectivity index (χ2n) is 11.7. The summed E-state index contributed by atoms with van der Waals surface area (Å²) in [7, 11) is 3.68. The van der Waals surface area contributed by atoms with Gasteiger partial charge in [0.15, 0.2) is 5.82 Å². The Morgan fingerprint density at radius 3 is 2.81 bits per heavy atom. The van der Waals surface area contributed by atoms with Crippen LogP contribution in [0.25, 0.3) is 32.9 Å². The third-order valence-electron chi connectivity index (χ3n) is 8.91. The summed E-state index contributed by atoms with van der Waals surface area (Å²) in [5, 5.41) is 22.4. The van der Waals surface area contributed by atoms with E-state index in [2.05, 4.69) is 25.9 Å². The third-order valence-corrected chi connectivity index (χ3v) is 9.23. The van der Waals surface area contributed by atoms with E-state index in [0.29, 0.717) is 40.3 Å². The quantitative estimate of drug-likeness (QED) is 0.243. The molecule has 246 valence electrons. The summed E-state index contributed by atoms with van der Waals surface area (Å²) in [5.74, 6) is -0.287. The van der Waals surface area contributed by atoms with Gasteiger partial charge in [0.25, 0.3) is 0 Å². The van der Waals surface area contributed by atoms with Crippen LogP contribution < -0.4 is 9.64 Å². The number of rotatable bonds is 10. The lowest BCUT2D eigenvalue weighted by atomic mass is 10.0. The van der Waals surface area contributed by atoms with Crippen molar-refractivity contribution < 1.29 is 23.4 Å². The van der Waals surface area contributed by atoms with Gasteiger partial charge in [-0.05, 0) is 25.6 Å². The van der Waals surface area contributed by atoms with Crippen LogP contribution in [0.4, 0.5) is 14.6 Å². The van der Waals surface area contributed by atoms with Gasteiger partial charge in [-0.2, -0.15) is 15.2 Å². The van der Waals surface area contributed by atoms with E-state index in [-0.39, 0.29) is 48.9 Å². The standard InChI is InChI=1S/C33H35ClF2N8O3/c1-42-18-23(46-2)13-22(42)19-47-33-40-31-25(16-39-30(29(31)36)24-15-38-14-20-5-3-6-26(34)28(20)24)32(41-33)43-11-12-44(21(17-43)8-10-37)27(45)7-4-9-35/h3-7,14-16,21-23,27,45H,8-9,11-13,17-19H2,1-2H3/b7-4+/t21-,22-,23+,27?/m0/s1.